The summed E-state index contributed by atoms with van der Waals surface area (Å²) in [6, 6.07) is 70.2. The molecule has 3 heteroatoms. The van der Waals surface area contributed by atoms with Crippen LogP contribution in [-0.2, 0) is 21.7 Å². The van der Waals surface area contributed by atoms with Crippen molar-refractivity contribution < 1.29 is 0 Å². The van der Waals surface area contributed by atoms with Crippen LogP contribution in [-0.4, -0.2) is 6.71 Å². The van der Waals surface area contributed by atoms with Crippen molar-refractivity contribution in [2.45, 2.75) is 97.8 Å². The van der Waals surface area contributed by atoms with E-state index < -0.39 is 0 Å². The second-order valence-electron chi connectivity index (χ2n) is 24.3. The highest BCUT2D eigenvalue weighted by Gasteiger charge is 2.45. The Bertz CT molecular complexity index is 3730. The molecule has 2 heterocycles. The monoisotopic (exact) mass is 931 g/mol. The molecular weight excluding hydrogens is 868 g/mol. The predicted molar refractivity (Wildman–Crippen MR) is 309 cm³/mol. The van der Waals surface area contributed by atoms with Gasteiger partial charge in [-0.25, -0.2) is 0 Å². The van der Waals surface area contributed by atoms with E-state index in [1.54, 1.807) is 0 Å². The van der Waals surface area contributed by atoms with Gasteiger partial charge in [-0.1, -0.05) is 203 Å². The minimum atomic E-state index is -0.0561. The molecule has 2 nitrogen and oxygen atoms in total. The van der Waals surface area contributed by atoms with E-state index in [1.807, 2.05) is 0 Å². The zero-order valence-electron chi connectivity index (χ0n) is 43.8. The van der Waals surface area contributed by atoms with Crippen LogP contribution in [0.5, 0.6) is 0 Å². The van der Waals surface area contributed by atoms with E-state index in [0.29, 0.717) is 0 Å². The van der Waals surface area contributed by atoms with E-state index in [1.165, 1.54) is 123 Å². The number of fused-ring (bicyclic) bond motifs is 10. The van der Waals surface area contributed by atoms with E-state index in [-0.39, 0.29) is 28.4 Å². The molecule has 0 saturated heterocycles. The molecule has 0 spiro atoms. The lowest BCUT2D eigenvalue weighted by molar-refractivity contribution is 0.590. The fourth-order valence-corrected chi connectivity index (χ4v) is 13.2. The summed E-state index contributed by atoms with van der Waals surface area (Å²) in [6.07, 6.45) is 0. The van der Waals surface area contributed by atoms with Crippen LogP contribution in [0.25, 0.3) is 44.5 Å². The minimum Gasteiger partial charge on any atom is -0.311 e. The third-order valence-corrected chi connectivity index (χ3v) is 17.0. The SMILES string of the molecule is Cc1cc2c3c(c1)N(c1ccc(-c4cccc5c4-c4ccccc4C5(C)C)cc1)c1cc(C(C)(C)C)ccc1B3c1cc(C(C)(C)C)ccc1N2c1ccc(-c2cccc3c2-c2ccccc2C3(C)C)cc1. The maximum atomic E-state index is 2.58. The van der Waals surface area contributed by atoms with Gasteiger partial charge in [0.15, 0.2) is 0 Å². The van der Waals surface area contributed by atoms with Crippen LogP contribution < -0.4 is 26.2 Å². The van der Waals surface area contributed by atoms with Gasteiger partial charge in [-0.05, 0) is 166 Å². The highest BCUT2D eigenvalue weighted by Crippen LogP contribution is 2.54. The van der Waals surface area contributed by atoms with Crippen molar-refractivity contribution in [1.29, 1.82) is 0 Å². The smallest absolute Gasteiger partial charge is 0.252 e. The summed E-state index contributed by atoms with van der Waals surface area (Å²) in [5, 5.41) is 0. The number of anilines is 6. The third-order valence-electron chi connectivity index (χ3n) is 17.0. The average Bonchev–Trinajstić information content (AvgIpc) is 3.75. The standard InChI is InChI=1S/C69H63BN2/c1-42-38-61-65-62(39-42)72(48-34-28-44(29-35-48)50-21-17-25-56-64(50)52-19-13-15-23-54(52)69(56,10)11)60-41-46(67(5,6)7)30-36-57(60)70(65)58-40-45(66(2,3)4)31-37-59(58)71(61)47-32-26-43(27-33-47)49-20-16-24-55-63(49)51-18-12-14-22-53(51)68(55,8)9/h12-41H,1-11H3. The minimum absolute atomic E-state index is 0.0287. The maximum Gasteiger partial charge on any atom is 0.252 e. The predicted octanol–water partition coefficient (Wildman–Crippen LogP) is 16.6. The van der Waals surface area contributed by atoms with Crippen molar-refractivity contribution in [1.82, 2.24) is 0 Å². The lowest BCUT2D eigenvalue weighted by atomic mass is 9.33. The van der Waals surface area contributed by atoms with Gasteiger partial charge in [0.1, 0.15) is 0 Å². The maximum absolute atomic E-state index is 2.58. The summed E-state index contributed by atoms with van der Waals surface area (Å²) >= 11 is 0. The van der Waals surface area contributed by atoms with Gasteiger partial charge < -0.3 is 9.80 Å². The van der Waals surface area contributed by atoms with Crippen molar-refractivity contribution in [3.63, 3.8) is 0 Å². The Morgan fingerprint density at radius 2 is 0.806 bits per heavy atom. The molecule has 352 valence electrons. The Labute approximate surface area is 428 Å². The normalized spacial score (nSPS) is 15.3. The van der Waals surface area contributed by atoms with Gasteiger partial charge in [-0.15, -0.1) is 0 Å². The zero-order valence-corrected chi connectivity index (χ0v) is 43.8. The molecule has 0 amide bonds. The number of hydrogen-bond acceptors (Lipinski definition) is 2. The Morgan fingerprint density at radius 3 is 1.31 bits per heavy atom. The molecule has 0 fully saturated rings. The third kappa shape index (κ3) is 6.41. The first-order valence-electron chi connectivity index (χ1n) is 26.1. The van der Waals surface area contributed by atoms with Crippen molar-refractivity contribution in [3.05, 3.63) is 221 Å². The quantitative estimate of drug-likeness (QED) is 0.162. The van der Waals surface area contributed by atoms with Crippen LogP contribution in [0.4, 0.5) is 34.1 Å². The number of hydrogen-bond donors (Lipinski definition) is 0. The Morgan fingerprint density at radius 1 is 0.375 bits per heavy atom. The van der Waals surface area contributed by atoms with Gasteiger partial charge in [0.25, 0.3) is 6.71 Å². The fourth-order valence-electron chi connectivity index (χ4n) is 13.2. The summed E-state index contributed by atoms with van der Waals surface area (Å²) < 4.78 is 0. The first-order chi connectivity index (χ1) is 34.4. The van der Waals surface area contributed by atoms with Crippen LogP contribution in [0, 0.1) is 6.92 Å². The van der Waals surface area contributed by atoms with Gasteiger partial charge in [-0.3, -0.25) is 0 Å². The summed E-state index contributed by atoms with van der Waals surface area (Å²) in [5.41, 5.74) is 31.2. The highest BCUT2D eigenvalue weighted by atomic mass is 15.2. The van der Waals surface area contributed by atoms with Crippen LogP contribution in [0.2, 0.25) is 0 Å². The van der Waals surface area contributed by atoms with E-state index in [0.717, 1.165) is 11.4 Å². The topological polar surface area (TPSA) is 6.48 Å². The molecule has 0 N–H and O–H groups in total. The summed E-state index contributed by atoms with van der Waals surface area (Å²) in [5.74, 6) is 0. The number of aryl methyl sites for hydroxylation is 1. The summed E-state index contributed by atoms with van der Waals surface area (Å²) in [6.45, 7) is 25.8. The molecule has 2 aliphatic carbocycles. The molecule has 0 radical (unpaired) electrons. The highest BCUT2D eigenvalue weighted by molar-refractivity contribution is 7.00. The van der Waals surface area contributed by atoms with Gasteiger partial charge in [0.05, 0.1) is 0 Å². The molecule has 72 heavy (non-hydrogen) atoms. The second-order valence-corrected chi connectivity index (χ2v) is 24.3. The van der Waals surface area contributed by atoms with Gasteiger partial charge >= 0.3 is 0 Å². The molecule has 13 rings (SSSR count). The molecule has 2 aliphatic heterocycles. The molecule has 0 saturated carbocycles. The molecule has 0 unspecified atom stereocenters. The average molecular weight is 931 g/mol. The molecule has 0 atom stereocenters. The van der Waals surface area contributed by atoms with Crippen molar-refractivity contribution in [2.75, 3.05) is 9.80 Å². The molecule has 9 aromatic rings. The lowest BCUT2D eigenvalue weighted by Crippen LogP contribution is -2.61. The Kier molecular flexibility index (Phi) is 9.49. The fraction of sp³-hybridized carbons (Fsp3) is 0.217. The molecular formula is C69H63BN2. The first-order valence-corrected chi connectivity index (χ1v) is 26.1. The van der Waals surface area contributed by atoms with Crippen molar-refractivity contribution in [2.24, 2.45) is 0 Å². The Hall–Kier alpha value is -7.36. The number of benzene rings is 9. The van der Waals surface area contributed by atoms with Crippen LogP contribution >= 0.6 is 0 Å². The van der Waals surface area contributed by atoms with Crippen LogP contribution in [0.3, 0.4) is 0 Å². The van der Waals surface area contributed by atoms with Gasteiger partial charge in [-0.2, -0.15) is 0 Å². The van der Waals surface area contributed by atoms with Crippen LogP contribution in [0.15, 0.2) is 182 Å². The van der Waals surface area contributed by atoms with Crippen LogP contribution in [0.1, 0.15) is 108 Å². The summed E-state index contributed by atoms with van der Waals surface area (Å²) in [7, 11) is 0. The molecule has 0 aromatic heterocycles. The van der Waals surface area contributed by atoms with E-state index in [9.17, 15) is 0 Å². The number of nitrogens with zero attached hydrogens (tertiary/aromatic N) is 2. The van der Waals surface area contributed by atoms with E-state index in [2.05, 4.69) is 268 Å². The molecule has 4 aliphatic rings. The van der Waals surface area contributed by atoms with Gasteiger partial charge in [0, 0.05) is 45.0 Å². The summed E-state index contributed by atoms with van der Waals surface area (Å²) in [4.78, 5) is 5.15. The largest absolute Gasteiger partial charge is 0.311 e. The van der Waals surface area contributed by atoms with Gasteiger partial charge in [0.2, 0.25) is 0 Å². The molecule has 0 bridgehead atoms. The molecule has 9 aromatic carbocycles. The van der Waals surface area contributed by atoms with E-state index >= 15 is 0 Å². The second kappa shape index (κ2) is 15.3. The number of rotatable bonds is 4. The Balaban J connectivity index is 0.994. The zero-order chi connectivity index (χ0) is 49.8. The lowest BCUT2D eigenvalue weighted by Gasteiger charge is -2.45. The van der Waals surface area contributed by atoms with Crippen molar-refractivity contribution >= 4 is 57.2 Å². The van der Waals surface area contributed by atoms with Crippen molar-refractivity contribution in [3.8, 4) is 44.5 Å². The first kappa shape index (κ1) is 44.6. The van der Waals surface area contributed by atoms with E-state index in [4.69, 9.17) is 0 Å².